The van der Waals surface area contributed by atoms with Gasteiger partial charge >= 0.3 is 5.97 Å². The molecule has 2 nitrogen and oxygen atoms in total. The largest absolute Gasteiger partial charge is 0.478 e. The van der Waals surface area contributed by atoms with Gasteiger partial charge in [0.25, 0.3) is 0 Å². The molecule has 0 aliphatic rings. The minimum Gasteiger partial charge on any atom is -0.478 e. The zero-order valence-electron chi connectivity index (χ0n) is 10.5. The van der Waals surface area contributed by atoms with Gasteiger partial charge in [-0.2, -0.15) is 0 Å². The van der Waals surface area contributed by atoms with Crippen LogP contribution in [0.4, 0.5) is 0 Å². The van der Waals surface area contributed by atoms with Crippen molar-refractivity contribution in [2.75, 3.05) is 0 Å². The molecule has 0 saturated carbocycles. The maximum Gasteiger partial charge on any atom is 0.336 e. The Morgan fingerprint density at radius 1 is 1.06 bits per heavy atom. The molecule has 1 aromatic carbocycles. The summed E-state index contributed by atoms with van der Waals surface area (Å²) >= 11 is 0. The third kappa shape index (κ3) is 2.32. The van der Waals surface area contributed by atoms with Crippen LogP contribution in [0, 0.1) is 20.8 Å². The van der Waals surface area contributed by atoms with E-state index >= 15 is 0 Å². The number of allylic oxidation sites excluding steroid dienone is 1. The average Bonchev–Trinajstić information content (AvgIpc) is 2.09. The molecular formula is C14H18O2. The van der Waals surface area contributed by atoms with Crippen LogP contribution < -0.4 is 0 Å². The molecule has 0 spiro atoms. The second kappa shape index (κ2) is 4.52. The molecule has 0 bridgehead atoms. The van der Waals surface area contributed by atoms with Crippen LogP contribution in [-0.2, 0) is 4.79 Å². The number of benzene rings is 1. The van der Waals surface area contributed by atoms with Gasteiger partial charge in [-0.3, -0.25) is 0 Å². The Morgan fingerprint density at radius 2 is 1.50 bits per heavy atom. The summed E-state index contributed by atoms with van der Waals surface area (Å²) in [6.45, 7) is 9.61. The van der Waals surface area contributed by atoms with Gasteiger partial charge in [0.1, 0.15) is 0 Å². The van der Waals surface area contributed by atoms with Gasteiger partial charge in [0.05, 0.1) is 5.57 Å². The number of aliphatic carboxylic acids is 1. The second-order valence-electron chi connectivity index (χ2n) is 4.45. The minimum atomic E-state index is -0.852. The molecule has 0 amide bonds. The van der Waals surface area contributed by atoms with Crippen molar-refractivity contribution in [3.63, 3.8) is 0 Å². The third-order valence-electron chi connectivity index (χ3n) is 2.64. The zero-order valence-corrected chi connectivity index (χ0v) is 10.5. The summed E-state index contributed by atoms with van der Waals surface area (Å²) in [7, 11) is 0. The molecule has 1 N–H and O–H groups in total. The van der Waals surface area contributed by atoms with E-state index in [0.29, 0.717) is 5.57 Å². The summed E-state index contributed by atoms with van der Waals surface area (Å²) in [5.41, 5.74) is 5.33. The Hall–Kier alpha value is -1.57. The fourth-order valence-corrected chi connectivity index (χ4v) is 2.15. The van der Waals surface area contributed by atoms with E-state index in [0.717, 1.165) is 27.8 Å². The lowest BCUT2D eigenvalue weighted by Crippen LogP contribution is -2.05. The Morgan fingerprint density at radius 3 is 1.81 bits per heavy atom. The van der Waals surface area contributed by atoms with Crippen LogP contribution in [0.5, 0.6) is 0 Å². The summed E-state index contributed by atoms with van der Waals surface area (Å²) in [5.74, 6) is -0.852. The number of carbonyl (C=O) groups is 1. The smallest absolute Gasteiger partial charge is 0.336 e. The number of aryl methyl sites for hydroxylation is 3. The van der Waals surface area contributed by atoms with E-state index in [2.05, 4.69) is 0 Å². The predicted molar refractivity (Wildman–Crippen MR) is 66.6 cm³/mol. The monoisotopic (exact) mass is 218 g/mol. The number of hydrogen-bond donors (Lipinski definition) is 1. The van der Waals surface area contributed by atoms with Gasteiger partial charge < -0.3 is 5.11 Å². The molecule has 0 unspecified atom stereocenters. The minimum absolute atomic E-state index is 0.426. The van der Waals surface area contributed by atoms with E-state index < -0.39 is 5.97 Å². The van der Waals surface area contributed by atoms with E-state index in [4.69, 9.17) is 0 Å². The van der Waals surface area contributed by atoms with E-state index in [9.17, 15) is 9.90 Å². The van der Waals surface area contributed by atoms with Crippen LogP contribution in [0.1, 0.15) is 36.1 Å². The number of rotatable bonds is 2. The molecule has 1 rings (SSSR count). The highest BCUT2D eigenvalue weighted by Crippen LogP contribution is 2.27. The van der Waals surface area contributed by atoms with Crippen molar-refractivity contribution in [2.45, 2.75) is 34.6 Å². The maximum atomic E-state index is 11.3. The molecule has 0 aromatic heterocycles. The first kappa shape index (κ1) is 12.5. The van der Waals surface area contributed by atoms with Crippen molar-refractivity contribution < 1.29 is 9.90 Å². The Kier molecular flexibility index (Phi) is 3.53. The van der Waals surface area contributed by atoms with E-state index in [1.807, 2.05) is 46.8 Å². The van der Waals surface area contributed by atoms with E-state index in [-0.39, 0.29) is 0 Å². The van der Waals surface area contributed by atoms with Gasteiger partial charge in [0, 0.05) is 0 Å². The van der Waals surface area contributed by atoms with E-state index in [1.165, 1.54) is 0 Å². The SMILES string of the molecule is CC(C)=C(C(=O)O)c1c(C)cc(C)cc1C. The molecule has 1 aromatic rings. The summed E-state index contributed by atoms with van der Waals surface area (Å²) in [5, 5.41) is 9.26. The van der Waals surface area contributed by atoms with Crippen molar-refractivity contribution in [1.82, 2.24) is 0 Å². The molecule has 0 aliphatic carbocycles. The Labute approximate surface area is 96.6 Å². The van der Waals surface area contributed by atoms with Crippen LogP contribution in [-0.4, -0.2) is 11.1 Å². The lowest BCUT2D eigenvalue weighted by atomic mass is 9.91. The van der Waals surface area contributed by atoms with Gasteiger partial charge in [0.2, 0.25) is 0 Å². The zero-order chi connectivity index (χ0) is 12.5. The van der Waals surface area contributed by atoms with Crippen LogP contribution in [0.25, 0.3) is 5.57 Å². The lowest BCUT2D eigenvalue weighted by molar-refractivity contribution is -0.130. The molecule has 86 valence electrons. The number of carboxylic acid groups (broad SMARTS) is 1. The number of carboxylic acids is 1. The normalized spacial score (nSPS) is 10.1. The number of hydrogen-bond acceptors (Lipinski definition) is 1. The highest BCUT2D eigenvalue weighted by molar-refractivity contribution is 6.17. The Bertz CT molecular complexity index is 441. The van der Waals surface area contributed by atoms with Gasteiger partial charge in [-0.05, 0) is 51.3 Å². The topological polar surface area (TPSA) is 37.3 Å². The first-order valence-corrected chi connectivity index (χ1v) is 5.33. The van der Waals surface area contributed by atoms with Crippen LogP contribution in [0.3, 0.4) is 0 Å². The van der Waals surface area contributed by atoms with Gasteiger partial charge in [-0.1, -0.05) is 23.3 Å². The van der Waals surface area contributed by atoms with Crippen molar-refractivity contribution in [1.29, 1.82) is 0 Å². The third-order valence-corrected chi connectivity index (χ3v) is 2.64. The maximum absolute atomic E-state index is 11.3. The van der Waals surface area contributed by atoms with E-state index in [1.54, 1.807) is 0 Å². The molecule has 0 atom stereocenters. The highest BCUT2D eigenvalue weighted by atomic mass is 16.4. The van der Waals surface area contributed by atoms with Gasteiger partial charge in [-0.15, -0.1) is 0 Å². The predicted octanol–water partition coefficient (Wildman–Crippen LogP) is 3.49. The highest BCUT2D eigenvalue weighted by Gasteiger charge is 2.16. The molecule has 0 radical (unpaired) electrons. The van der Waals surface area contributed by atoms with Crippen molar-refractivity contribution in [3.05, 3.63) is 40.0 Å². The fraction of sp³-hybridized carbons (Fsp3) is 0.357. The van der Waals surface area contributed by atoms with Crippen LogP contribution in [0.2, 0.25) is 0 Å². The molecule has 16 heavy (non-hydrogen) atoms. The van der Waals surface area contributed by atoms with Crippen molar-refractivity contribution in [2.24, 2.45) is 0 Å². The summed E-state index contributed by atoms with van der Waals surface area (Å²) in [6, 6.07) is 4.04. The summed E-state index contributed by atoms with van der Waals surface area (Å²) in [6.07, 6.45) is 0. The molecule has 0 fully saturated rings. The standard InChI is InChI=1S/C14H18O2/c1-8(2)12(14(15)16)13-10(4)6-9(3)7-11(13)5/h6-7H,1-5H3,(H,15,16). The molecule has 0 aliphatic heterocycles. The quantitative estimate of drug-likeness (QED) is 0.771. The van der Waals surface area contributed by atoms with Crippen LogP contribution >= 0.6 is 0 Å². The molecule has 2 heteroatoms. The first-order chi connectivity index (χ1) is 7.34. The van der Waals surface area contributed by atoms with Crippen molar-refractivity contribution in [3.8, 4) is 0 Å². The fourth-order valence-electron chi connectivity index (χ4n) is 2.15. The lowest BCUT2D eigenvalue weighted by Gasteiger charge is -2.13. The summed E-state index contributed by atoms with van der Waals surface area (Å²) in [4.78, 5) is 11.3. The summed E-state index contributed by atoms with van der Waals surface area (Å²) < 4.78 is 0. The molecule has 0 heterocycles. The first-order valence-electron chi connectivity index (χ1n) is 5.33. The van der Waals surface area contributed by atoms with Crippen LogP contribution in [0.15, 0.2) is 17.7 Å². The Balaban J connectivity index is 3.55. The van der Waals surface area contributed by atoms with Crippen molar-refractivity contribution >= 4 is 11.5 Å². The second-order valence-corrected chi connectivity index (χ2v) is 4.45. The van der Waals surface area contributed by atoms with Gasteiger partial charge in [-0.25, -0.2) is 4.79 Å². The molecular weight excluding hydrogens is 200 g/mol. The van der Waals surface area contributed by atoms with Gasteiger partial charge in [0.15, 0.2) is 0 Å². The molecule has 0 saturated heterocycles. The average molecular weight is 218 g/mol.